The van der Waals surface area contributed by atoms with Crippen LogP contribution in [0.2, 0.25) is 5.02 Å². The van der Waals surface area contributed by atoms with E-state index in [1.807, 2.05) is 18.3 Å². The third-order valence-electron chi connectivity index (χ3n) is 6.20. The Hall–Kier alpha value is -2.30. The molecule has 164 valence electrons. The lowest BCUT2D eigenvalue weighted by atomic mass is 10.1. The second-order valence-corrected chi connectivity index (χ2v) is 8.83. The highest BCUT2D eigenvalue weighted by Crippen LogP contribution is 2.19. The van der Waals surface area contributed by atoms with Crippen LogP contribution in [0.15, 0.2) is 66.9 Å². The molecule has 0 spiro atoms. The van der Waals surface area contributed by atoms with E-state index in [-0.39, 0.29) is 0 Å². The summed E-state index contributed by atoms with van der Waals surface area (Å²) in [5.41, 5.74) is 4.07. The van der Waals surface area contributed by atoms with Crippen molar-refractivity contribution < 1.29 is 0 Å². The van der Waals surface area contributed by atoms with E-state index in [0.29, 0.717) is 0 Å². The largest absolute Gasteiger partial charge is 0.369 e. The molecular weight excluding hydrogens is 404 g/mol. The van der Waals surface area contributed by atoms with Gasteiger partial charge in [0.1, 0.15) is 0 Å². The number of hydrogen-bond donors (Lipinski definition) is 0. The molecule has 31 heavy (non-hydrogen) atoms. The summed E-state index contributed by atoms with van der Waals surface area (Å²) >= 11 is 6.01. The van der Waals surface area contributed by atoms with Crippen LogP contribution in [0.4, 0.5) is 5.69 Å². The van der Waals surface area contributed by atoms with Gasteiger partial charge in [-0.15, -0.1) is 0 Å². The molecule has 0 saturated carbocycles. The van der Waals surface area contributed by atoms with Crippen LogP contribution in [-0.4, -0.2) is 47.4 Å². The molecule has 1 aromatic heterocycles. The first-order valence-electron chi connectivity index (χ1n) is 11.6. The van der Waals surface area contributed by atoms with E-state index >= 15 is 0 Å². The quantitative estimate of drug-likeness (QED) is 0.402. The molecule has 0 atom stereocenters. The lowest BCUT2D eigenvalue weighted by molar-refractivity contribution is 0.253. The molecule has 4 rings (SSSR count). The first-order chi connectivity index (χ1) is 15.3. The molecule has 4 nitrogen and oxygen atoms in total. The topological polar surface area (TPSA) is 24.3 Å². The van der Waals surface area contributed by atoms with Crippen molar-refractivity contribution in [2.24, 2.45) is 0 Å². The van der Waals surface area contributed by atoms with E-state index in [4.69, 9.17) is 11.6 Å². The van der Waals surface area contributed by atoms with Gasteiger partial charge in [0.2, 0.25) is 0 Å². The Morgan fingerprint density at radius 1 is 0.742 bits per heavy atom. The van der Waals surface area contributed by atoms with Crippen molar-refractivity contribution in [1.29, 1.82) is 0 Å². The van der Waals surface area contributed by atoms with Crippen LogP contribution in [0, 0.1) is 0 Å². The minimum atomic E-state index is 0.805. The van der Waals surface area contributed by atoms with E-state index in [0.717, 1.165) is 57.0 Å². The van der Waals surface area contributed by atoms with Crippen LogP contribution in [0.25, 0.3) is 0 Å². The molecule has 5 heteroatoms. The van der Waals surface area contributed by atoms with Gasteiger partial charge < -0.3 is 4.90 Å². The van der Waals surface area contributed by atoms with Crippen molar-refractivity contribution in [3.8, 4) is 0 Å². The summed E-state index contributed by atoms with van der Waals surface area (Å²) in [5.74, 6) is 0. The predicted molar refractivity (Wildman–Crippen MR) is 130 cm³/mol. The number of unbranched alkanes of at least 4 members (excludes halogenated alkanes) is 1. The number of piperazine rings is 1. The van der Waals surface area contributed by atoms with Gasteiger partial charge in [0.15, 0.2) is 0 Å². The van der Waals surface area contributed by atoms with Crippen LogP contribution in [0.3, 0.4) is 0 Å². The van der Waals surface area contributed by atoms with Gasteiger partial charge in [-0.2, -0.15) is 5.10 Å². The number of nitrogens with zero attached hydrogens (tertiary/aromatic N) is 4. The molecule has 2 heterocycles. The fourth-order valence-electron chi connectivity index (χ4n) is 4.37. The van der Waals surface area contributed by atoms with Crippen LogP contribution in [0.1, 0.15) is 30.5 Å². The van der Waals surface area contributed by atoms with E-state index < -0.39 is 0 Å². The zero-order valence-corrected chi connectivity index (χ0v) is 19.1. The zero-order chi connectivity index (χ0) is 21.3. The van der Waals surface area contributed by atoms with Crippen LogP contribution in [0.5, 0.6) is 0 Å². The van der Waals surface area contributed by atoms with Gasteiger partial charge in [0.05, 0.1) is 0 Å². The lowest BCUT2D eigenvalue weighted by Crippen LogP contribution is -2.46. The molecule has 1 fully saturated rings. The third-order valence-corrected chi connectivity index (χ3v) is 6.46. The number of aromatic nitrogens is 2. The third kappa shape index (κ3) is 6.59. The Balaban J connectivity index is 1.13. The van der Waals surface area contributed by atoms with Crippen molar-refractivity contribution in [2.45, 2.75) is 38.6 Å². The van der Waals surface area contributed by atoms with Crippen molar-refractivity contribution in [3.63, 3.8) is 0 Å². The molecule has 0 radical (unpaired) electrons. The van der Waals surface area contributed by atoms with Crippen molar-refractivity contribution in [3.05, 3.63) is 83.1 Å². The molecule has 0 bridgehead atoms. The van der Waals surface area contributed by atoms with Gasteiger partial charge in [-0.25, -0.2) is 0 Å². The highest BCUT2D eigenvalue weighted by molar-refractivity contribution is 6.30. The van der Waals surface area contributed by atoms with E-state index in [2.05, 4.69) is 68.1 Å². The van der Waals surface area contributed by atoms with E-state index in [1.54, 1.807) is 0 Å². The fraction of sp³-hybridized carbons (Fsp3) is 0.423. The normalized spacial score (nSPS) is 14.8. The summed E-state index contributed by atoms with van der Waals surface area (Å²) in [6, 6.07) is 21.1. The SMILES string of the molecule is Clc1ccc(N2CCN(CCCCc3ccnn3CCCc3ccccc3)CC2)cc1. The maximum atomic E-state index is 6.01. The summed E-state index contributed by atoms with van der Waals surface area (Å²) in [4.78, 5) is 5.06. The Kier molecular flexibility index (Phi) is 8.03. The molecule has 0 aliphatic carbocycles. The first kappa shape index (κ1) is 21.9. The Morgan fingerprint density at radius 2 is 1.52 bits per heavy atom. The minimum absolute atomic E-state index is 0.805. The molecule has 1 aliphatic rings. The average molecular weight is 437 g/mol. The predicted octanol–water partition coefficient (Wildman–Crippen LogP) is 5.31. The number of rotatable bonds is 10. The Morgan fingerprint density at radius 3 is 2.29 bits per heavy atom. The molecule has 0 amide bonds. The van der Waals surface area contributed by atoms with Crippen molar-refractivity contribution in [2.75, 3.05) is 37.6 Å². The van der Waals surface area contributed by atoms with Crippen molar-refractivity contribution in [1.82, 2.24) is 14.7 Å². The van der Waals surface area contributed by atoms with Crippen LogP contribution in [-0.2, 0) is 19.4 Å². The van der Waals surface area contributed by atoms with Crippen LogP contribution < -0.4 is 4.90 Å². The number of anilines is 1. The molecule has 1 saturated heterocycles. The summed E-state index contributed by atoms with van der Waals surface area (Å²) in [7, 11) is 0. The summed E-state index contributed by atoms with van der Waals surface area (Å²) < 4.78 is 2.20. The molecule has 0 N–H and O–H groups in total. The molecule has 1 aliphatic heterocycles. The van der Waals surface area contributed by atoms with Gasteiger partial charge in [-0.1, -0.05) is 41.9 Å². The van der Waals surface area contributed by atoms with E-state index in [1.165, 1.54) is 36.3 Å². The number of benzene rings is 2. The zero-order valence-electron chi connectivity index (χ0n) is 18.3. The lowest BCUT2D eigenvalue weighted by Gasteiger charge is -2.36. The highest BCUT2D eigenvalue weighted by Gasteiger charge is 2.16. The smallest absolute Gasteiger partial charge is 0.0492 e. The molecule has 2 aromatic carbocycles. The summed E-state index contributed by atoms with van der Waals surface area (Å²) in [5, 5.41) is 5.36. The van der Waals surface area contributed by atoms with Gasteiger partial charge in [-0.3, -0.25) is 9.58 Å². The van der Waals surface area contributed by atoms with E-state index in [9.17, 15) is 0 Å². The van der Waals surface area contributed by atoms with Gasteiger partial charge in [0.25, 0.3) is 0 Å². The number of aryl methyl sites for hydroxylation is 3. The fourth-order valence-corrected chi connectivity index (χ4v) is 4.50. The van der Waals surface area contributed by atoms with Crippen molar-refractivity contribution >= 4 is 17.3 Å². The average Bonchev–Trinajstić information content (AvgIpc) is 3.26. The van der Waals surface area contributed by atoms with Gasteiger partial charge in [-0.05, 0) is 74.5 Å². The maximum Gasteiger partial charge on any atom is 0.0492 e. The monoisotopic (exact) mass is 436 g/mol. The van der Waals surface area contributed by atoms with Crippen LogP contribution >= 0.6 is 11.6 Å². The standard InChI is InChI=1S/C26H33ClN4/c27-24-11-13-25(14-12-24)30-21-19-29(20-22-30)17-5-4-10-26-15-16-28-31(26)18-6-9-23-7-2-1-3-8-23/h1-3,7-8,11-16H,4-6,9-10,17-22H2. The number of hydrogen-bond acceptors (Lipinski definition) is 3. The Labute approximate surface area is 191 Å². The minimum Gasteiger partial charge on any atom is -0.369 e. The maximum absolute atomic E-state index is 6.01. The molecular formula is C26H33ClN4. The van der Waals surface area contributed by atoms with Gasteiger partial charge in [0, 0.05) is 55.3 Å². The highest BCUT2D eigenvalue weighted by atomic mass is 35.5. The summed E-state index contributed by atoms with van der Waals surface area (Å²) in [6.45, 7) is 6.66. The van der Waals surface area contributed by atoms with Gasteiger partial charge >= 0.3 is 0 Å². The second kappa shape index (κ2) is 11.4. The Bertz CT molecular complexity index is 899. The summed E-state index contributed by atoms with van der Waals surface area (Å²) in [6.07, 6.45) is 7.79. The molecule has 0 unspecified atom stereocenters. The molecule has 3 aromatic rings. The first-order valence-corrected chi connectivity index (χ1v) is 11.9. The second-order valence-electron chi connectivity index (χ2n) is 8.40. The number of halogens is 1.